The number of nitrogens with zero attached hydrogens (tertiary/aromatic N) is 3. The Morgan fingerprint density at radius 3 is 2.70 bits per heavy atom. The van der Waals surface area contributed by atoms with Gasteiger partial charge in [-0.05, 0) is 54.9 Å². The van der Waals surface area contributed by atoms with Crippen molar-refractivity contribution < 1.29 is 14.3 Å². The van der Waals surface area contributed by atoms with E-state index in [0.29, 0.717) is 36.2 Å². The average Bonchev–Trinajstić information content (AvgIpc) is 3.00. The Morgan fingerprint density at radius 2 is 1.97 bits per heavy atom. The van der Waals surface area contributed by atoms with Crippen molar-refractivity contribution in [1.29, 1.82) is 0 Å². The van der Waals surface area contributed by atoms with Crippen LogP contribution in [0.5, 0.6) is 11.6 Å². The Balaban J connectivity index is 1.22. The first-order chi connectivity index (χ1) is 14.7. The molecule has 0 spiro atoms. The molecule has 1 aromatic carbocycles. The third kappa shape index (κ3) is 3.89. The third-order valence-electron chi connectivity index (χ3n) is 6.43. The quantitative estimate of drug-likeness (QED) is 0.785. The molecule has 156 valence electrons. The molecule has 7 nitrogen and oxygen atoms in total. The number of fused-ring (bicyclic) bond motifs is 3. The van der Waals surface area contributed by atoms with E-state index in [1.165, 1.54) is 18.4 Å². The maximum atomic E-state index is 10.9. The Bertz CT molecular complexity index is 932. The van der Waals surface area contributed by atoms with Gasteiger partial charge in [-0.15, -0.1) is 0 Å². The lowest BCUT2D eigenvalue weighted by molar-refractivity contribution is 0.0850. The SMILES string of the molecule is NC(=O)/N=C/C1C[C@H]2CC[C@@H](C1)N2Cc1ccc([C@H]2COc3cccnc3O2)cc1. The number of nitrogens with two attached hydrogens (primary N) is 1. The monoisotopic (exact) mass is 406 g/mol. The molecular weight excluding hydrogens is 380 g/mol. The van der Waals surface area contributed by atoms with Gasteiger partial charge in [0.2, 0.25) is 0 Å². The number of benzene rings is 1. The maximum absolute atomic E-state index is 10.9. The Hall–Kier alpha value is -2.93. The van der Waals surface area contributed by atoms with Crippen molar-refractivity contribution >= 4 is 12.2 Å². The number of aromatic nitrogens is 1. The summed E-state index contributed by atoms with van der Waals surface area (Å²) < 4.78 is 11.8. The number of carbonyl (C=O) groups is 1. The topological polar surface area (TPSA) is 90.0 Å². The minimum Gasteiger partial charge on any atom is -0.484 e. The summed E-state index contributed by atoms with van der Waals surface area (Å²) in [5.74, 6) is 1.61. The van der Waals surface area contributed by atoms with Crippen molar-refractivity contribution in [3.63, 3.8) is 0 Å². The van der Waals surface area contributed by atoms with E-state index in [2.05, 4.69) is 39.1 Å². The summed E-state index contributed by atoms with van der Waals surface area (Å²) in [5.41, 5.74) is 7.54. The molecule has 7 heteroatoms. The minimum atomic E-state index is -0.600. The van der Waals surface area contributed by atoms with Gasteiger partial charge in [0.15, 0.2) is 11.9 Å². The molecule has 2 saturated heterocycles. The zero-order valence-electron chi connectivity index (χ0n) is 16.8. The summed E-state index contributed by atoms with van der Waals surface area (Å²) in [5, 5.41) is 0. The molecule has 4 atom stereocenters. The second-order valence-corrected chi connectivity index (χ2v) is 8.37. The summed E-state index contributed by atoms with van der Waals surface area (Å²) in [6, 6.07) is 12.8. The van der Waals surface area contributed by atoms with Crippen molar-refractivity contribution in [1.82, 2.24) is 9.88 Å². The smallest absolute Gasteiger partial charge is 0.337 e. The minimum absolute atomic E-state index is 0.141. The number of piperidine rings is 1. The van der Waals surface area contributed by atoms with Crippen molar-refractivity contribution in [2.45, 2.75) is 50.4 Å². The predicted octanol–water partition coefficient (Wildman–Crippen LogP) is 3.49. The van der Waals surface area contributed by atoms with Gasteiger partial charge in [0.25, 0.3) is 5.88 Å². The fourth-order valence-electron chi connectivity index (χ4n) is 5.00. The van der Waals surface area contributed by atoms with Gasteiger partial charge in [-0.1, -0.05) is 24.3 Å². The number of pyridine rings is 1. The van der Waals surface area contributed by atoms with Gasteiger partial charge in [-0.25, -0.2) is 14.8 Å². The van der Waals surface area contributed by atoms with Crippen molar-refractivity contribution in [3.8, 4) is 11.6 Å². The number of primary amides is 1. The van der Waals surface area contributed by atoms with Crippen LogP contribution in [0.3, 0.4) is 0 Å². The molecule has 4 heterocycles. The molecule has 3 aliphatic heterocycles. The number of urea groups is 1. The first kappa shape index (κ1) is 19.1. The Kier molecular flexibility index (Phi) is 5.12. The third-order valence-corrected chi connectivity index (χ3v) is 6.43. The fourth-order valence-corrected chi connectivity index (χ4v) is 5.00. The molecular formula is C23H26N4O3. The molecule has 5 rings (SSSR count). The van der Waals surface area contributed by atoms with Crippen LogP contribution in [0, 0.1) is 5.92 Å². The number of rotatable bonds is 4. The van der Waals surface area contributed by atoms with Gasteiger partial charge in [-0.3, -0.25) is 4.90 Å². The molecule has 1 unspecified atom stereocenters. The lowest BCUT2D eigenvalue weighted by Gasteiger charge is -2.38. The van der Waals surface area contributed by atoms with E-state index in [9.17, 15) is 4.79 Å². The highest BCUT2D eigenvalue weighted by molar-refractivity contribution is 5.82. The molecule has 0 aliphatic carbocycles. The zero-order chi connectivity index (χ0) is 20.5. The van der Waals surface area contributed by atoms with Gasteiger partial charge >= 0.3 is 6.03 Å². The fraction of sp³-hybridized carbons (Fsp3) is 0.435. The highest BCUT2D eigenvalue weighted by atomic mass is 16.6. The summed E-state index contributed by atoms with van der Waals surface area (Å²) in [4.78, 5) is 21.6. The van der Waals surface area contributed by atoms with E-state index in [1.54, 1.807) is 12.4 Å². The Labute approximate surface area is 175 Å². The molecule has 3 aliphatic rings. The summed E-state index contributed by atoms with van der Waals surface area (Å²) in [6.45, 7) is 1.43. The van der Waals surface area contributed by atoms with E-state index in [4.69, 9.17) is 15.2 Å². The number of amides is 2. The van der Waals surface area contributed by atoms with E-state index in [0.717, 1.165) is 24.9 Å². The first-order valence-electron chi connectivity index (χ1n) is 10.6. The van der Waals surface area contributed by atoms with Crippen LogP contribution in [0.4, 0.5) is 4.79 Å². The van der Waals surface area contributed by atoms with E-state index < -0.39 is 6.03 Å². The standard InChI is InChI=1S/C23H26N4O3/c24-23(28)26-12-16-10-18-7-8-19(11-16)27(18)13-15-3-5-17(6-4-15)21-14-29-20-2-1-9-25-22(20)30-21/h1-6,9,12,16,18-19,21H,7-8,10-11,13-14H2,(H2,24,28)/b26-12+/t16?,18-,19+,21-/m1/s1. The lowest BCUT2D eigenvalue weighted by Crippen LogP contribution is -2.42. The van der Waals surface area contributed by atoms with E-state index in [1.807, 2.05) is 12.1 Å². The highest BCUT2D eigenvalue weighted by Crippen LogP contribution is 2.39. The van der Waals surface area contributed by atoms with Crippen molar-refractivity contribution in [2.24, 2.45) is 16.6 Å². The normalized spacial score (nSPS) is 28.0. The maximum Gasteiger partial charge on any atom is 0.337 e. The van der Waals surface area contributed by atoms with Crippen molar-refractivity contribution in [3.05, 3.63) is 53.7 Å². The molecule has 0 radical (unpaired) electrons. The molecule has 2 N–H and O–H groups in total. The second-order valence-electron chi connectivity index (χ2n) is 8.37. The number of aliphatic imine (C=N–C) groups is 1. The van der Waals surface area contributed by atoms with E-state index in [-0.39, 0.29) is 6.10 Å². The number of carbonyl (C=O) groups excluding carboxylic acids is 1. The summed E-state index contributed by atoms with van der Waals surface area (Å²) in [6.07, 6.45) is 7.85. The first-order valence-corrected chi connectivity index (χ1v) is 10.6. The van der Waals surface area contributed by atoms with Gasteiger partial charge in [-0.2, -0.15) is 0 Å². The molecule has 2 fully saturated rings. The van der Waals surface area contributed by atoms with Crippen LogP contribution < -0.4 is 15.2 Å². The molecule has 0 saturated carbocycles. The molecule has 2 bridgehead atoms. The predicted molar refractivity (Wildman–Crippen MR) is 113 cm³/mol. The Morgan fingerprint density at radius 1 is 1.20 bits per heavy atom. The van der Waals surface area contributed by atoms with Crippen LogP contribution >= 0.6 is 0 Å². The van der Waals surface area contributed by atoms with Gasteiger partial charge in [0, 0.05) is 31.0 Å². The van der Waals surface area contributed by atoms with Crippen LogP contribution in [0.2, 0.25) is 0 Å². The molecule has 1 aromatic heterocycles. The van der Waals surface area contributed by atoms with E-state index >= 15 is 0 Å². The largest absolute Gasteiger partial charge is 0.484 e. The highest BCUT2D eigenvalue weighted by Gasteiger charge is 2.40. The molecule has 2 aromatic rings. The second kappa shape index (κ2) is 8.07. The summed E-state index contributed by atoms with van der Waals surface area (Å²) >= 11 is 0. The lowest BCUT2D eigenvalue weighted by atomic mass is 9.91. The van der Waals surface area contributed by atoms with Crippen LogP contribution in [0.1, 0.15) is 42.9 Å². The summed E-state index contributed by atoms with van der Waals surface area (Å²) in [7, 11) is 0. The van der Waals surface area contributed by atoms with Crippen LogP contribution in [-0.2, 0) is 6.54 Å². The molecule has 2 amide bonds. The van der Waals surface area contributed by atoms with Gasteiger partial charge in [0.05, 0.1) is 0 Å². The number of ether oxygens (including phenoxy) is 2. The van der Waals surface area contributed by atoms with Crippen LogP contribution in [-0.4, -0.2) is 40.8 Å². The van der Waals surface area contributed by atoms with Gasteiger partial charge in [0.1, 0.15) is 6.61 Å². The number of hydrogen-bond acceptors (Lipinski definition) is 5. The van der Waals surface area contributed by atoms with Gasteiger partial charge < -0.3 is 15.2 Å². The molecule has 30 heavy (non-hydrogen) atoms. The average molecular weight is 406 g/mol. The zero-order valence-corrected chi connectivity index (χ0v) is 16.8. The van der Waals surface area contributed by atoms with Crippen LogP contribution in [0.25, 0.3) is 0 Å². The number of hydrogen-bond donors (Lipinski definition) is 1. The van der Waals surface area contributed by atoms with Crippen molar-refractivity contribution in [2.75, 3.05) is 6.61 Å². The van der Waals surface area contributed by atoms with Crippen LogP contribution in [0.15, 0.2) is 47.6 Å².